The van der Waals surface area contributed by atoms with Gasteiger partial charge in [0.05, 0.1) is 12.3 Å². The molecule has 0 saturated heterocycles. The van der Waals surface area contributed by atoms with Crippen LogP contribution in [0, 0.1) is 6.92 Å². The van der Waals surface area contributed by atoms with Crippen LogP contribution >= 0.6 is 12.2 Å². The molecule has 9 nitrogen and oxygen atoms in total. The van der Waals surface area contributed by atoms with Crippen molar-refractivity contribution in [3.8, 4) is 22.9 Å². The Morgan fingerprint density at radius 1 is 1.03 bits per heavy atom. The highest BCUT2D eigenvalue weighted by Crippen LogP contribution is 2.30. The number of aromatic nitrogens is 3. The van der Waals surface area contributed by atoms with Crippen LogP contribution in [0.5, 0.6) is 17.2 Å². The third kappa shape index (κ3) is 4.87. The zero-order chi connectivity index (χ0) is 24.4. The number of anilines is 1. The number of aryl methyl sites for hydroxylation is 1. The molecule has 1 aromatic heterocycles. The molecule has 0 atom stereocenters. The molecule has 2 heterocycles. The molecule has 0 spiro atoms. The molecule has 35 heavy (non-hydrogen) atoms. The van der Waals surface area contributed by atoms with Crippen LogP contribution in [0.25, 0.3) is 16.7 Å². The number of hydrogen-bond acceptors (Lipinski definition) is 7. The quantitative estimate of drug-likeness (QED) is 0.406. The molecule has 3 aromatic carbocycles. The number of carbonyl (C=O) groups excluding carboxylic acids is 1. The Kier molecular flexibility index (Phi) is 6.19. The average Bonchev–Trinajstić information content (AvgIpc) is 3.27. The number of thiocarbonyl (C=S) groups is 1. The number of hydrogen-bond donors (Lipinski definition) is 2. The number of benzene rings is 3. The number of nitrogens with one attached hydrogen (secondary N) is 2. The highest BCUT2D eigenvalue weighted by atomic mass is 32.1. The van der Waals surface area contributed by atoms with Crippen LogP contribution < -0.4 is 24.8 Å². The van der Waals surface area contributed by atoms with Crippen molar-refractivity contribution in [2.75, 3.05) is 25.1 Å². The van der Waals surface area contributed by atoms with Crippen LogP contribution in [0.4, 0.5) is 5.69 Å². The zero-order valence-corrected chi connectivity index (χ0v) is 20.0. The predicted octanol–water partition coefficient (Wildman–Crippen LogP) is 4.03. The van der Waals surface area contributed by atoms with E-state index in [2.05, 4.69) is 20.8 Å². The van der Waals surface area contributed by atoms with E-state index in [1.807, 2.05) is 50.2 Å². The van der Waals surface area contributed by atoms with Crippen molar-refractivity contribution >= 4 is 40.0 Å². The van der Waals surface area contributed by atoms with E-state index in [1.165, 1.54) is 0 Å². The molecule has 1 amide bonds. The third-order valence-corrected chi connectivity index (χ3v) is 5.59. The Labute approximate surface area is 207 Å². The van der Waals surface area contributed by atoms with Gasteiger partial charge in [-0.05, 0) is 86.2 Å². The van der Waals surface area contributed by atoms with Crippen molar-refractivity contribution in [1.29, 1.82) is 0 Å². The van der Waals surface area contributed by atoms with Crippen molar-refractivity contribution in [3.63, 3.8) is 0 Å². The lowest BCUT2D eigenvalue weighted by Gasteiger charge is -2.18. The Morgan fingerprint density at radius 2 is 1.74 bits per heavy atom. The van der Waals surface area contributed by atoms with Gasteiger partial charge in [0.2, 0.25) is 0 Å². The molecule has 1 aliphatic heterocycles. The molecule has 1 aliphatic rings. The molecule has 0 fully saturated rings. The predicted molar refractivity (Wildman–Crippen MR) is 136 cm³/mol. The van der Waals surface area contributed by atoms with E-state index >= 15 is 0 Å². The molecule has 0 radical (unpaired) electrons. The highest BCUT2D eigenvalue weighted by Gasteiger charge is 2.16. The normalized spacial score (nSPS) is 12.3. The van der Waals surface area contributed by atoms with Gasteiger partial charge >= 0.3 is 0 Å². The molecule has 2 N–H and O–H groups in total. The number of ether oxygens (including phenoxy) is 3. The minimum atomic E-state index is -0.348. The van der Waals surface area contributed by atoms with Gasteiger partial charge in [-0.25, -0.2) is 0 Å². The summed E-state index contributed by atoms with van der Waals surface area (Å²) < 4.78 is 16.5. The van der Waals surface area contributed by atoms with E-state index in [9.17, 15) is 4.79 Å². The lowest BCUT2D eigenvalue weighted by molar-refractivity contribution is 0.0976. The molecule has 10 heteroatoms. The summed E-state index contributed by atoms with van der Waals surface area (Å²) in [6.45, 7) is 5.42. The second kappa shape index (κ2) is 9.59. The van der Waals surface area contributed by atoms with Gasteiger partial charge in [0.1, 0.15) is 30.0 Å². The number of nitrogens with zero attached hydrogens (tertiary/aromatic N) is 3. The van der Waals surface area contributed by atoms with Crippen LogP contribution in [-0.4, -0.2) is 45.8 Å². The maximum Gasteiger partial charge on any atom is 0.257 e. The second-order valence-corrected chi connectivity index (χ2v) is 8.25. The molecule has 178 valence electrons. The van der Waals surface area contributed by atoms with E-state index in [4.69, 9.17) is 26.4 Å². The van der Waals surface area contributed by atoms with Gasteiger partial charge in [0.25, 0.3) is 5.91 Å². The van der Waals surface area contributed by atoms with E-state index in [0.717, 1.165) is 28.2 Å². The molecule has 0 bridgehead atoms. The van der Waals surface area contributed by atoms with Gasteiger partial charge in [0, 0.05) is 11.3 Å². The minimum Gasteiger partial charge on any atom is -0.494 e. The summed E-state index contributed by atoms with van der Waals surface area (Å²) in [5.41, 5.74) is 4.31. The summed E-state index contributed by atoms with van der Waals surface area (Å²) in [6, 6.07) is 16.4. The smallest absolute Gasteiger partial charge is 0.257 e. The molecule has 0 saturated carbocycles. The highest BCUT2D eigenvalue weighted by molar-refractivity contribution is 7.80. The first-order valence-electron chi connectivity index (χ1n) is 11.1. The molecular weight excluding hydrogens is 466 g/mol. The van der Waals surface area contributed by atoms with Crippen molar-refractivity contribution in [2.45, 2.75) is 13.8 Å². The maximum atomic E-state index is 12.7. The van der Waals surface area contributed by atoms with Gasteiger partial charge in [-0.15, -0.1) is 10.2 Å². The molecule has 0 unspecified atom stereocenters. The fraction of sp³-hybridized carbons (Fsp3) is 0.200. The van der Waals surface area contributed by atoms with Crippen LogP contribution in [0.2, 0.25) is 0 Å². The van der Waals surface area contributed by atoms with E-state index < -0.39 is 0 Å². The number of carbonyl (C=O) groups is 1. The Balaban J connectivity index is 1.30. The molecule has 4 aromatic rings. The summed E-state index contributed by atoms with van der Waals surface area (Å²) in [5.74, 6) is 1.61. The van der Waals surface area contributed by atoms with E-state index in [1.54, 1.807) is 23.0 Å². The number of fused-ring (bicyclic) bond motifs is 2. The van der Waals surface area contributed by atoms with E-state index in [0.29, 0.717) is 42.4 Å². The summed E-state index contributed by atoms with van der Waals surface area (Å²) >= 11 is 5.38. The van der Waals surface area contributed by atoms with Gasteiger partial charge in [-0.2, -0.15) is 4.80 Å². The zero-order valence-electron chi connectivity index (χ0n) is 19.2. The monoisotopic (exact) mass is 489 g/mol. The van der Waals surface area contributed by atoms with Crippen molar-refractivity contribution in [1.82, 2.24) is 20.3 Å². The van der Waals surface area contributed by atoms with Crippen LogP contribution in [-0.2, 0) is 0 Å². The SMILES string of the molecule is CCOc1ccc(-n2nc3cc(C)c(NC(=S)NC(=O)c4ccc5c(c4)OCCO5)cc3n2)cc1. The van der Waals surface area contributed by atoms with Crippen LogP contribution in [0.15, 0.2) is 54.6 Å². The lowest BCUT2D eigenvalue weighted by atomic mass is 10.1. The summed E-state index contributed by atoms with van der Waals surface area (Å²) in [7, 11) is 0. The molecular formula is C25H23N5O4S. The Hall–Kier alpha value is -4.18. The minimum absolute atomic E-state index is 0.172. The Morgan fingerprint density at radius 3 is 2.49 bits per heavy atom. The standard InChI is InChI=1S/C25H23N5O4S/c1-3-32-18-7-5-17(6-8-18)30-28-20-12-15(2)19(14-21(20)29-30)26-25(35)27-24(31)16-4-9-22-23(13-16)34-11-10-33-22/h4-9,12-14H,3,10-11H2,1-2H3,(H2,26,27,31,35). The van der Waals surface area contributed by atoms with E-state index in [-0.39, 0.29) is 11.0 Å². The summed E-state index contributed by atoms with van der Waals surface area (Å²) in [5, 5.41) is 15.1. The molecule has 5 rings (SSSR count). The lowest BCUT2D eigenvalue weighted by Crippen LogP contribution is -2.34. The third-order valence-electron chi connectivity index (χ3n) is 5.38. The molecule has 0 aliphatic carbocycles. The van der Waals surface area contributed by atoms with Crippen LogP contribution in [0.3, 0.4) is 0 Å². The second-order valence-electron chi connectivity index (χ2n) is 7.84. The van der Waals surface area contributed by atoms with Gasteiger partial charge in [-0.3, -0.25) is 10.1 Å². The van der Waals surface area contributed by atoms with Crippen molar-refractivity contribution < 1.29 is 19.0 Å². The van der Waals surface area contributed by atoms with Gasteiger partial charge < -0.3 is 19.5 Å². The largest absolute Gasteiger partial charge is 0.494 e. The fourth-order valence-corrected chi connectivity index (χ4v) is 3.88. The van der Waals surface area contributed by atoms with Crippen molar-refractivity contribution in [3.05, 3.63) is 65.7 Å². The van der Waals surface area contributed by atoms with Crippen molar-refractivity contribution in [2.24, 2.45) is 0 Å². The number of rotatable bonds is 5. The number of amides is 1. The average molecular weight is 490 g/mol. The first-order chi connectivity index (χ1) is 17.0. The van der Waals surface area contributed by atoms with Gasteiger partial charge in [-0.1, -0.05) is 0 Å². The first-order valence-corrected chi connectivity index (χ1v) is 11.5. The van der Waals surface area contributed by atoms with Gasteiger partial charge in [0.15, 0.2) is 16.6 Å². The summed E-state index contributed by atoms with van der Waals surface area (Å²) in [4.78, 5) is 14.3. The maximum absolute atomic E-state index is 12.7. The fourth-order valence-electron chi connectivity index (χ4n) is 3.67. The Bertz CT molecular complexity index is 1420. The summed E-state index contributed by atoms with van der Waals surface area (Å²) in [6.07, 6.45) is 0. The van der Waals surface area contributed by atoms with Crippen LogP contribution in [0.1, 0.15) is 22.8 Å². The topological polar surface area (TPSA) is 99.5 Å². The first kappa shape index (κ1) is 22.6.